The molecule has 0 aliphatic carbocycles. The third-order valence-electron chi connectivity index (χ3n) is 2.44. The van der Waals surface area contributed by atoms with E-state index in [1.807, 2.05) is 13.0 Å². The second kappa shape index (κ2) is 4.07. The van der Waals surface area contributed by atoms with Crippen molar-refractivity contribution in [3.05, 3.63) is 35.1 Å². The van der Waals surface area contributed by atoms with Gasteiger partial charge in [-0.05, 0) is 43.1 Å². The zero-order valence-electron chi connectivity index (χ0n) is 7.51. The fourth-order valence-corrected chi connectivity index (χ4v) is 1.54. The molecule has 1 aromatic rings. The van der Waals surface area contributed by atoms with Crippen LogP contribution in [0, 0.1) is 12.7 Å². The number of nitrogens with one attached hydrogen (secondary N) is 1. The van der Waals surface area contributed by atoms with E-state index in [2.05, 4.69) is 5.32 Å². The third kappa shape index (κ3) is 2.01. The molecule has 0 unspecified atom stereocenters. The van der Waals surface area contributed by atoms with Gasteiger partial charge >= 0.3 is 0 Å². The van der Waals surface area contributed by atoms with Crippen LogP contribution in [-0.4, -0.2) is 6.54 Å². The zero-order chi connectivity index (χ0) is 8.55. The van der Waals surface area contributed by atoms with Crippen LogP contribution in [-0.2, 0) is 0 Å². The highest BCUT2D eigenvalue weighted by Gasteiger charge is 2.20. The smallest absolute Gasteiger partial charge is 0.123 e. The van der Waals surface area contributed by atoms with Gasteiger partial charge in [0.25, 0.3) is 0 Å². The average Bonchev–Trinajstić information content (AvgIpc) is 1.93. The van der Waals surface area contributed by atoms with Gasteiger partial charge in [-0.15, -0.1) is 12.4 Å². The number of hydrogen-bond donors (Lipinski definition) is 1. The molecular formula is C10H13ClFN. The maximum atomic E-state index is 12.8. The average molecular weight is 202 g/mol. The Bertz CT molecular complexity index is 297. The van der Waals surface area contributed by atoms with Crippen LogP contribution in [0.15, 0.2) is 18.2 Å². The molecule has 0 spiro atoms. The second-order valence-electron chi connectivity index (χ2n) is 3.30. The predicted octanol–water partition coefficient (Wildman–Crippen LogP) is 2.59. The lowest BCUT2D eigenvalue weighted by Gasteiger charge is -2.29. The van der Waals surface area contributed by atoms with E-state index in [0.717, 1.165) is 18.5 Å². The van der Waals surface area contributed by atoms with Crippen LogP contribution >= 0.6 is 12.4 Å². The molecule has 3 heteroatoms. The number of hydrogen-bond acceptors (Lipinski definition) is 1. The van der Waals surface area contributed by atoms with Gasteiger partial charge < -0.3 is 5.32 Å². The molecule has 1 nitrogen and oxygen atoms in total. The van der Waals surface area contributed by atoms with Crippen molar-refractivity contribution in [1.82, 2.24) is 5.32 Å². The Balaban J connectivity index is 0.000000845. The summed E-state index contributed by atoms with van der Waals surface area (Å²) in [6, 6.07) is 5.37. The Morgan fingerprint density at radius 3 is 2.69 bits per heavy atom. The summed E-state index contributed by atoms with van der Waals surface area (Å²) in [5, 5.41) is 3.26. The lowest BCUT2D eigenvalue weighted by Crippen LogP contribution is -2.35. The molecule has 1 fully saturated rings. The van der Waals surface area contributed by atoms with Crippen molar-refractivity contribution in [3.63, 3.8) is 0 Å². The third-order valence-corrected chi connectivity index (χ3v) is 2.44. The normalized spacial score (nSPS) is 20.3. The monoisotopic (exact) mass is 201 g/mol. The van der Waals surface area contributed by atoms with Crippen LogP contribution < -0.4 is 5.32 Å². The van der Waals surface area contributed by atoms with E-state index in [4.69, 9.17) is 0 Å². The van der Waals surface area contributed by atoms with Gasteiger partial charge in [0.05, 0.1) is 0 Å². The number of aryl methyl sites for hydroxylation is 1. The SMILES string of the molecule is Cc1ccc(F)cc1[C@@H]1CCN1.Cl. The summed E-state index contributed by atoms with van der Waals surface area (Å²) in [4.78, 5) is 0. The summed E-state index contributed by atoms with van der Waals surface area (Å²) < 4.78 is 12.8. The van der Waals surface area contributed by atoms with Crippen molar-refractivity contribution >= 4 is 12.4 Å². The van der Waals surface area contributed by atoms with Gasteiger partial charge in [0.15, 0.2) is 0 Å². The molecule has 0 radical (unpaired) electrons. The summed E-state index contributed by atoms with van der Waals surface area (Å²) in [6.45, 7) is 3.08. The molecule has 1 heterocycles. The molecule has 1 atom stereocenters. The van der Waals surface area contributed by atoms with Crippen molar-refractivity contribution in [2.75, 3.05) is 6.54 Å². The molecule has 1 aliphatic rings. The van der Waals surface area contributed by atoms with Crippen LogP contribution in [0.5, 0.6) is 0 Å². The molecular weight excluding hydrogens is 189 g/mol. The first-order valence-electron chi connectivity index (χ1n) is 4.27. The Morgan fingerprint density at radius 1 is 1.46 bits per heavy atom. The molecule has 1 N–H and O–H groups in total. The van der Waals surface area contributed by atoms with Gasteiger partial charge in [-0.1, -0.05) is 6.07 Å². The van der Waals surface area contributed by atoms with Crippen molar-refractivity contribution in [2.45, 2.75) is 19.4 Å². The zero-order valence-corrected chi connectivity index (χ0v) is 8.33. The Morgan fingerprint density at radius 2 is 2.15 bits per heavy atom. The first kappa shape index (κ1) is 10.5. The van der Waals surface area contributed by atoms with Gasteiger partial charge in [0.1, 0.15) is 5.82 Å². The van der Waals surface area contributed by atoms with E-state index in [-0.39, 0.29) is 18.2 Å². The van der Waals surface area contributed by atoms with E-state index >= 15 is 0 Å². The lowest BCUT2D eigenvalue weighted by atomic mass is 9.94. The standard InChI is InChI=1S/C10H12FN.ClH/c1-7-2-3-8(11)6-9(7)10-4-5-12-10;/h2-3,6,10,12H,4-5H2,1H3;1H/t10-;/m0./s1. The molecule has 0 aromatic heterocycles. The highest BCUT2D eigenvalue weighted by atomic mass is 35.5. The minimum absolute atomic E-state index is 0. The van der Waals surface area contributed by atoms with Crippen molar-refractivity contribution in [2.24, 2.45) is 0 Å². The number of halogens is 2. The van der Waals surface area contributed by atoms with E-state index in [9.17, 15) is 4.39 Å². The number of benzene rings is 1. The van der Waals surface area contributed by atoms with Crippen LogP contribution in [0.1, 0.15) is 23.6 Å². The molecule has 13 heavy (non-hydrogen) atoms. The largest absolute Gasteiger partial charge is 0.310 e. The first-order chi connectivity index (χ1) is 5.77. The molecule has 1 aliphatic heterocycles. The van der Waals surface area contributed by atoms with E-state index in [1.54, 1.807) is 6.07 Å². The predicted molar refractivity (Wildman–Crippen MR) is 53.7 cm³/mol. The van der Waals surface area contributed by atoms with Crippen molar-refractivity contribution in [3.8, 4) is 0 Å². The van der Waals surface area contributed by atoms with Gasteiger partial charge in [0.2, 0.25) is 0 Å². The topological polar surface area (TPSA) is 12.0 Å². The van der Waals surface area contributed by atoms with E-state index in [1.165, 1.54) is 11.6 Å². The number of rotatable bonds is 1. The minimum atomic E-state index is -0.135. The van der Waals surface area contributed by atoms with Crippen LogP contribution in [0.2, 0.25) is 0 Å². The lowest BCUT2D eigenvalue weighted by molar-refractivity contribution is 0.380. The summed E-state index contributed by atoms with van der Waals surface area (Å²) >= 11 is 0. The van der Waals surface area contributed by atoms with Crippen LogP contribution in [0.4, 0.5) is 4.39 Å². The minimum Gasteiger partial charge on any atom is -0.310 e. The molecule has 1 saturated heterocycles. The van der Waals surface area contributed by atoms with Gasteiger partial charge in [0, 0.05) is 6.04 Å². The summed E-state index contributed by atoms with van der Waals surface area (Å²) in [5.41, 5.74) is 2.29. The maximum Gasteiger partial charge on any atom is 0.123 e. The fourth-order valence-electron chi connectivity index (χ4n) is 1.54. The van der Waals surface area contributed by atoms with Crippen molar-refractivity contribution < 1.29 is 4.39 Å². The van der Waals surface area contributed by atoms with Crippen LogP contribution in [0.3, 0.4) is 0 Å². The quantitative estimate of drug-likeness (QED) is 0.737. The van der Waals surface area contributed by atoms with Crippen molar-refractivity contribution in [1.29, 1.82) is 0 Å². The van der Waals surface area contributed by atoms with E-state index in [0.29, 0.717) is 6.04 Å². The molecule has 0 bridgehead atoms. The molecule has 0 saturated carbocycles. The van der Waals surface area contributed by atoms with Gasteiger partial charge in [-0.25, -0.2) is 4.39 Å². The highest BCUT2D eigenvalue weighted by Crippen LogP contribution is 2.25. The maximum absolute atomic E-state index is 12.8. The Kier molecular flexibility index (Phi) is 3.28. The molecule has 0 amide bonds. The fraction of sp³-hybridized carbons (Fsp3) is 0.400. The van der Waals surface area contributed by atoms with E-state index < -0.39 is 0 Å². The van der Waals surface area contributed by atoms with Gasteiger partial charge in [-0.2, -0.15) is 0 Å². The van der Waals surface area contributed by atoms with Crippen LogP contribution in [0.25, 0.3) is 0 Å². The summed E-state index contributed by atoms with van der Waals surface area (Å²) in [7, 11) is 0. The van der Waals surface area contributed by atoms with Gasteiger partial charge in [-0.3, -0.25) is 0 Å². The Labute approximate surface area is 83.8 Å². The first-order valence-corrected chi connectivity index (χ1v) is 4.27. The summed E-state index contributed by atoms with van der Waals surface area (Å²) in [5.74, 6) is -0.135. The Hall–Kier alpha value is -0.600. The molecule has 2 rings (SSSR count). The second-order valence-corrected chi connectivity index (χ2v) is 3.30. The highest BCUT2D eigenvalue weighted by molar-refractivity contribution is 5.85. The summed E-state index contributed by atoms with van der Waals surface area (Å²) in [6.07, 6.45) is 1.13. The molecule has 72 valence electrons. The molecule has 1 aromatic carbocycles.